The molecule has 4 rings (SSSR count). The Kier molecular flexibility index (Phi) is 4.61. The van der Waals surface area contributed by atoms with Gasteiger partial charge in [-0.05, 0) is 51.0 Å². The van der Waals surface area contributed by atoms with E-state index >= 15 is 0 Å². The Balaban J connectivity index is 1.54. The molecule has 1 aliphatic heterocycles. The second-order valence-electron chi connectivity index (χ2n) is 6.88. The van der Waals surface area contributed by atoms with Crippen LogP contribution in [-0.4, -0.2) is 36.0 Å². The highest BCUT2D eigenvalue weighted by Crippen LogP contribution is 2.31. The van der Waals surface area contributed by atoms with Gasteiger partial charge in [0, 0.05) is 13.1 Å². The fourth-order valence-electron chi connectivity index (χ4n) is 3.28. The minimum absolute atomic E-state index is 0.128. The van der Waals surface area contributed by atoms with E-state index < -0.39 is 10.0 Å². The SMILES string of the molecule is Cc1ccc(S(=O)(=O)N2CCC[C@H](c3nc(-c4ccc(C)o4)no3)C2)cc1. The van der Waals surface area contributed by atoms with Crippen LogP contribution in [0.1, 0.15) is 36.0 Å². The molecule has 1 aliphatic rings. The summed E-state index contributed by atoms with van der Waals surface area (Å²) in [6.45, 7) is 4.60. The average molecular weight is 387 g/mol. The van der Waals surface area contributed by atoms with Crippen LogP contribution in [-0.2, 0) is 10.0 Å². The number of hydrogen-bond acceptors (Lipinski definition) is 6. The molecule has 0 radical (unpaired) electrons. The number of benzene rings is 1. The normalized spacial score (nSPS) is 18.7. The third-order valence-electron chi connectivity index (χ3n) is 4.79. The first-order valence-electron chi connectivity index (χ1n) is 8.91. The van der Waals surface area contributed by atoms with Crippen molar-refractivity contribution in [1.29, 1.82) is 0 Å². The molecule has 0 aliphatic carbocycles. The van der Waals surface area contributed by atoms with Gasteiger partial charge in [0.05, 0.1) is 10.8 Å². The molecule has 0 N–H and O–H groups in total. The Bertz CT molecular complexity index is 1040. The van der Waals surface area contributed by atoms with Crippen molar-refractivity contribution in [2.75, 3.05) is 13.1 Å². The maximum absolute atomic E-state index is 12.9. The molecule has 0 amide bonds. The minimum Gasteiger partial charge on any atom is -0.458 e. The minimum atomic E-state index is -3.54. The molecule has 8 heteroatoms. The van der Waals surface area contributed by atoms with E-state index in [1.54, 1.807) is 18.2 Å². The highest BCUT2D eigenvalue weighted by Gasteiger charge is 2.33. The van der Waals surface area contributed by atoms with E-state index in [9.17, 15) is 8.42 Å². The molecule has 3 heterocycles. The van der Waals surface area contributed by atoms with E-state index in [2.05, 4.69) is 10.1 Å². The lowest BCUT2D eigenvalue weighted by atomic mass is 10.00. The van der Waals surface area contributed by atoms with Crippen molar-refractivity contribution in [3.05, 3.63) is 53.6 Å². The molecule has 0 unspecified atom stereocenters. The summed E-state index contributed by atoms with van der Waals surface area (Å²) in [4.78, 5) is 4.74. The van der Waals surface area contributed by atoms with Crippen LogP contribution < -0.4 is 0 Å². The number of hydrogen-bond donors (Lipinski definition) is 0. The first-order chi connectivity index (χ1) is 12.9. The summed E-state index contributed by atoms with van der Waals surface area (Å²) in [6.07, 6.45) is 1.55. The summed E-state index contributed by atoms with van der Waals surface area (Å²) < 4.78 is 38.3. The predicted octanol–water partition coefficient (Wildman–Crippen LogP) is 3.51. The molecule has 3 aromatic rings. The lowest BCUT2D eigenvalue weighted by Crippen LogP contribution is -2.39. The van der Waals surface area contributed by atoms with Crippen LogP contribution in [0, 0.1) is 13.8 Å². The first kappa shape index (κ1) is 17.9. The highest BCUT2D eigenvalue weighted by atomic mass is 32.2. The average Bonchev–Trinajstić information content (AvgIpc) is 3.31. The fourth-order valence-corrected chi connectivity index (χ4v) is 4.80. The molecule has 1 aromatic carbocycles. The predicted molar refractivity (Wildman–Crippen MR) is 98.6 cm³/mol. The molecule has 1 fully saturated rings. The Morgan fingerprint density at radius 3 is 2.59 bits per heavy atom. The molecule has 142 valence electrons. The number of rotatable bonds is 4. The number of nitrogens with zero attached hydrogens (tertiary/aromatic N) is 3. The molecule has 0 spiro atoms. The smallest absolute Gasteiger partial charge is 0.243 e. The van der Waals surface area contributed by atoms with Crippen LogP contribution in [0.5, 0.6) is 0 Å². The second kappa shape index (κ2) is 6.94. The van der Waals surface area contributed by atoms with E-state index in [-0.39, 0.29) is 5.92 Å². The van der Waals surface area contributed by atoms with Crippen molar-refractivity contribution in [3.8, 4) is 11.6 Å². The van der Waals surface area contributed by atoms with Gasteiger partial charge < -0.3 is 8.94 Å². The summed E-state index contributed by atoms with van der Waals surface area (Å²) >= 11 is 0. The van der Waals surface area contributed by atoms with Crippen LogP contribution in [0.25, 0.3) is 11.6 Å². The van der Waals surface area contributed by atoms with E-state index in [0.29, 0.717) is 35.5 Å². The van der Waals surface area contributed by atoms with Gasteiger partial charge in [0.25, 0.3) is 0 Å². The zero-order valence-electron chi connectivity index (χ0n) is 15.3. The van der Waals surface area contributed by atoms with Gasteiger partial charge in [-0.1, -0.05) is 22.9 Å². The number of aromatic nitrogens is 2. The molecule has 0 bridgehead atoms. The number of aryl methyl sites for hydroxylation is 2. The number of furan rings is 1. The van der Waals surface area contributed by atoms with Crippen molar-refractivity contribution in [1.82, 2.24) is 14.4 Å². The third kappa shape index (κ3) is 3.54. The molecule has 1 atom stereocenters. The van der Waals surface area contributed by atoms with E-state index in [1.165, 1.54) is 4.31 Å². The van der Waals surface area contributed by atoms with Crippen molar-refractivity contribution in [2.45, 2.75) is 37.5 Å². The Morgan fingerprint density at radius 1 is 1.11 bits per heavy atom. The lowest BCUT2D eigenvalue weighted by molar-refractivity contribution is 0.265. The van der Waals surface area contributed by atoms with Gasteiger partial charge in [-0.15, -0.1) is 0 Å². The van der Waals surface area contributed by atoms with E-state index in [0.717, 1.165) is 24.2 Å². The van der Waals surface area contributed by atoms with Gasteiger partial charge in [0.1, 0.15) is 5.76 Å². The maximum Gasteiger partial charge on any atom is 0.243 e. The van der Waals surface area contributed by atoms with Gasteiger partial charge in [0.2, 0.25) is 21.7 Å². The van der Waals surface area contributed by atoms with Crippen LogP contribution >= 0.6 is 0 Å². The van der Waals surface area contributed by atoms with Crippen LogP contribution in [0.15, 0.2) is 50.2 Å². The summed E-state index contributed by atoms with van der Waals surface area (Å²) in [5.41, 5.74) is 1.03. The number of sulfonamides is 1. The summed E-state index contributed by atoms with van der Waals surface area (Å²) in [5.74, 6) is 2.02. The van der Waals surface area contributed by atoms with Crippen molar-refractivity contribution in [3.63, 3.8) is 0 Å². The maximum atomic E-state index is 12.9. The zero-order valence-corrected chi connectivity index (χ0v) is 16.1. The van der Waals surface area contributed by atoms with Crippen molar-refractivity contribution in [2.24, 2.45) is 0 Å². The van der Waals surface area contributed by atoms with Gasteiger partial charge in [0.15, 0.2) is 5.76 Å². The van der Waals surface area contributed by atoms with E-state index in [1.807, 2.05) is 32.0 Å². The second-order valence-corrected chi connectivity index (χ2v) is 8.82. The molecule has 2 aromatic heterocycles. The third-order valence-corrected chi connectivity index (χ3v) is 6.67. The standard InChI is InChI=1S/C19H21N3O4S/c1-13-5-8-16(9-6-13)27(23,24)22-11-3-4-15(12-22)19-20-18(21-26-19)17-10-7-14(2)25-17/h5-10,15H,3-4,11-12H2,1-2H3/t15-/m0/s1. The van der Waals surface area contributed by atoms with Crippen molar-refractivity contribution < 1.29 is 17.4 Å². The molecular formula is C19H21N3O4S. The van der Waals surface area contributed by atoms with Crippen molar-refractivity contribution >= 4 is 10.0 Å². The highest BCUT2D eigenvalue weighted by molar-refractivity contribution is 7.89. The molecule has 7 nitrogen and oxygen atoms in total. The first-order valence-corrected chi connectivity index (χ1v) is 10.3. The van der Waals surface area contributed by atoms with Crippen LogP contribution in [0.4, 0.5) is 0 Å². The van der Waals surface area contributed by atoms with Crippen LogP contribution in [0.3, 0.4) is 0 Å². The molecule has 0 saturated carbocycles. The lowest BCUT2D eigenvalue weighted by Gasteiger charge is -2.30. The Labute approximate surface area is 158 Å². The van der Waals surface area contributed by atoms with Gasteiger partial charge in [-0.25, -0.2) is 8.42 Å². The topological polar surface area (TPSA) is 89.4 Å². The van der Waals surface area contributed by atoms with Crippen LogP contribution in [0.2, 0.25) is 0 Å². The van der Waals surface area contributed by atoms with Gasteiger partial charge in [-0.3, -0.25) is 0 Å². The molecule has 27 heavy (non-hydrogen) atoms. The van der Waals surface area contributed by atoms with Gasteiger partial charge >= 0.3 is 0 Å². The summed E-state index contributed by atoms with van der Waals surface area (Å²) in [7, 11) is -3.54. The number of piperidine rings is 1. The summed E-state index contributed by atoms with van der Waals surface area (Å²) in [6, 6.07) is 10.5. The van der Waals surface area contributed by atoms with Gasteiger partial charge in [-0.2, -0.15) is 9.29 Å². The quantitative estimate of drug-likeness (QED) is 0.680. The largest absolute Gasteiger partial charge is 0.458 e. The summed E-state index contributed by atoms with van der Waals surface area (Å²) in [5, 5.41) is 3.98. The Morgan fingerprint density at radius 2 is 1.89 bits per heavy atom. The Hall–Kier alpha value is -2.45. The monoisotopic (exact) mass is 387 g/mol. The molecule has 1 saturated heterocycles. The molecular weight excluding hydrogens is 366 g/mol. The zero-order chi connectivity index (χ0) is 19.0. The van der Waals surface area contributed by atoms with E-state index in [4.69, 9.17) is 8.94 Å². The fraction of sp³-hybridized carbons (Fsp3) is 0.368.